The highest BCUT2D eigenvalue weighted by molar-refractivity contribution is 5.46. The van der Waals surface area contributed by atoms with Crippen molar-refractivity contribution < 1.29 is 9.47 Å². The number of aryl methyl sites for hydroxylation is 1. The monoisotopic (exact) mass is 286 g/mol. The van der Waals surface area contributed by atoms with Crippen LogP contribution in [0.1, 0.15) is 25.0 Å². The molecule has 2 rings (SSSR count). The molecule has 0 amide bonds. The van der Waals surface area contributed by atoms with E-state index in [0.717, 1.165) is 28.3 Å². The molecule has 0 bridgehead atoms. The van der Waals surface area contributed by atoms with Crippen LogP contribution in [-0.4, -0.2) is 18.2 Å². The summed E-state index contributed by atoms with van der Waals surface area (Å²) in [6.07, 6.45) is 3.79. The molecule has 0 fully saturated rings. The Morgan fingerprint density at radius 1 is 1.14 bits per heavy atom. The summed E-state index contributed by atoms with van der Waals surface area (Å²) >= 11 is 0. The van der Waals surface area contributed by atoms with Crippen molar-refractivity contribution >= 4 is 5.69 Å². The predicted molar refractivity (Wildman–Crippen MR) is 85.1 cm³/mol. The molecular weight excluding hydrogens is 264 g/mol. The molecule has 0 aliphatic rings. The molecule has 1 aromatic heterocycles. The second kappa shape index (κ2) is 6.97. The maximum Gasteiger partial charge on any atom is 0.161 e. The van der Waals surface area contributed by atoms with Crippen LogP contribution in [-0.2, 0) is 6.54 Å². The zero-order valence-electron chi connectivity index (χ0n) is 13.0. The van der Waals surface area contributed by atoms with Gasteiger partial charge < -0.3 is 14.8 Å². The van der Waals surface area contributed by atoms with Gasteiger partial charge >= 0.3 is 0 Å². The molecular formula is C17H22N2O2. The zero-order valence-corrected chi connectivity index (χ0v) is 13.0. The molecule has 2 aromatic rings. The highest BCUT2D eigenvalue weighted by atomic mass is 16.5. The molecule has 21 heavy (non-hydrogen) atoms. The third kappa shape index (κ3) is 4.38. The number of benzene rings is 1. The number of aromatic nitrogens is 1. The third-order valence-corrected chi connectivity index (χ3v) is 2.96. The van der Waals surface area contributed by atoms with Crippen molar-refractivity contribution in [2.24, 2.45) is 0 Å². The van der Waals surface area contributed by atoms with E-state index in [2.05, 4.69) is 16.4 Å². The predicted octanol–water partition coefficient (Wildman–Crippen LogP) is 3.80. The first-order valence-corrected chi connectivity index (χ1v) is 7.07. The van der Waals surface area contributed by atoms with Gasteiger partial charge in [0.15, 0.2) is 11.5 Å². The fourth-order valence-electron chi connectivity index (χ4n) is 2.03. The van der Waals surface area contributed by atoms with Gasteiger partial charge in [0.2, 0.25) is 0 Å². The number of anilines is 1. The van der Waals surface area contributed by atoms with Gasteiger partial charge in [-0.15, -0.1) is 0 Å². The number of pyridine rings is 1. The van der Waals surface area contributed by atoms with Crippen LogP contribution in [0.15, 0.2) is 36.7 Å². The van der Waals surface area contributed by atoms with Gasteiger partial charge in [0, 0.05) is 18.9 Å². The lowest BCUT2D eigenvalue weighted by Crippen LogP contribution is -2.07. The number of methoxy groups -OCH3 is 1. The molecule has 0 aliphatic heterocycles. The van der Waals surface area contributed by atoms with E-state index in [0.29, 0.717) is 6.54 Å². The van der Waals surface area contributed by atoms with Crippen molar-refractivity contribution in [3.05, 3.63) is 47.8 Å². The third-order valence-electron chi connectivity index (χ3n) is 2.96. The quantitative estimate of drug-likeness (QED) is 0.877. The van der Waals surface area contributed by atoms with Crippen LogP contribution in [0.25, 0.3) is 0 Å². The van der Waals surface area contributed by atoms with Crippen LogP contribution < -0.4 is 14.8 Å². The van der Waals surface area contributed by atoms with E-state index >= 15 is 0 Å². The standard InChI is InChI=1S/C17H22N2O2/c1-12(2)21-16-6-5-14(8-17(16)20-4)10-19-15-7-13(3)9-18-11-15/h5-9,11-12,19H,10H2,1-4H3. The van der Waals surface area contributed by atoms with Gasteiger partial charge in [-0.3, -0.25) is 4.98 Å². The van der Waals surface area contributed by atoms with Crippen LogP contribution in [0, 0.1) is 6.92 Å². The van der Waals surface area contributed by atoms with Crippen LogP contribution in [0.2, 0.25) is 0 Å². The Hall–Kier alpha value is -2.23. The number of ether oxygens (including phenoxy) is 2. The molecule has 0 spiro atoms. The zero-order chi connectivity index (χ0) is 15.2. The van der Waals surface area contributed by atoms with E-state index in [4.69, 9.17) is 9.47 Å². The molecule has 0 saturated heterocycles. The normalized spacial score (nSPS) is 10.5. The summed E-state index contributed by atoms with van der Waals surface area (Å²) in [5.41, 5.74) is 3.28. The summed E-state index contributed by atoms with van der Waals surface area (Å²) in [5.74, 6) is 1.53. The molecule has 1 N–H and O–H groups in total. The largest absolute Gasteiger partial charge is 0.493 e. The van der Waals surface area contributed by atoms with Gasteiger partial charge in [0.25, 0.3) is 0 Å². The van der Waals surface area contributed by atoms with Crippen molar-refractivity contribution in [1.82, 2.24) is 4.98 Å². The van der Waals surface area contributed by atoms with E-state index in [-0.39, 0.29) is 6.10 Å². The second-order valence-corrected chi connectivity index (χ2v) is 5.26. The molecule has 1 aromatic carbocycles. The molecule has 4 heteroatoms. The average Bonchev–Trinajstić information content (AvgIpc) is 2.45. The Morgan fingerprint density at radius 3 is 2.62 bits per heavy atom. The van der Waals surface area contributed by atoms with Gasteiger partial charge in [-0.2, -0.15) is 0 Å². The fraction of sp³-hybridized carbons (Fsp3) is 0.353. The lowest BCUT2D eigenvalue weighted by Gasteiger charge is -2.15. The van der Waals surface area contributed by atoms with Gasteiger partial charge in [0.05, 0.1) is 18.9 Å². The van der Waals surface area contributed by atoms with Gasteiger partial charge in [-0.05, 0) is 50.1 Å². The number of rotatable bonds is 6. The van der Waals surface area contributed by atoms with Crippen molar-refractivity contribution in [3.8, 4) is 11.5 Å². The van der Waals surface area contributed by atoms with Gasteiger partial charge in [-0.1, -0.05) is 6.07 Å². The Kier molecular flexibility index (Phi) is 5.04. The Bertz CT molecular complexity index is 597. The number of hydrogen-bond donors (Lipinski definition) is 1. The van der Waals surface area contributed by atoms with Gasteiger partial charge in [0.1, 0.15) is 0 Å². The molecule has 112 valence electrons. The molecule has 1 heterocycles. The Morgan fingerprint density at radius 2 is 1.95 bits per heavy atom. The molecule has 0 aliphatic carbocycles. The van der Waals surface area contributed by atoms with Crippen molar-refractivity contribution in [1.29, 1.82) is 0 Å². The number of hydrogen-bond acceptors (Lipinski definition) is 4. The lowest BCUT2D eigenvalue weighted by molar-refractivity contribution is 0.230. The Balaban J connectivity index is 2.07. The van der Waals surface area contributed by atoms with E-state index in [9.17, 15) is 0 Å². The first kappa shape index (κ1) is 15.2. The summed E-state index contributed by atoms with van der Waals surface area (Å²) in [4.78, 5) is 4.17. The fourth-order valence-corrected chi connectivity index (χ4v) is 2.03. The maximum atomic E-state index is 5.71. The summed E-state index contributed by atoms with van der Waals surface area (Å²) < 4.78 is 11.1. The van der Waals surface area contributed by atoms with E-state index in [1.807, 2.05) is 51.4 Å². The summed E-state index contributed by atoms with van der Waals surface area (Å²) in [6.45, 7) is 6.74. The van der Waals surface area contributed by atoms with Crippen molar-refractivity contribution in [3.63, 3.8) is 0 Å². The van der Waals surface area contributed by atoms with E-state index in [1.165, 1.54) is 0 Å². The minimum Gasteiger partial charge on any atom is -0.493 e. The first-order chi connectivity index (χ1) is 10.1. The summed E-state index contributed by atoms with van der Waals surface area (Å²) in [6, 6.07) is 8.05. The highest BCUT2D eigenvalue weighted by Gasteiger charge is 2.07. The minimum atomic E-state index is 0.126. The smallest absolute Gasteiger partial charge is 0.161 e. The van der Waals surface area contributed by atoms with Crippen LogP contribution >= 0.6 is 0 Å². The van der Waals surface area contributed by atoms with Crippen molar-refractivity contribution in [2.75, 3.05) is 12.4 Å². The average molecular weight is 286 g/mol. The van der Waals surface area contributed by atoms with Crippen LogP contribution in [0.5, 0.6) is 11.5 Å². The second-order valence-electron chi connectivity index (χ2n) is 5.26. The topological polar surface area (TPSA) is 43.4 Å². The van der Waals surface area contributed by atoms with Crippen molar-refractivity contribution in [2.45, 2.75) is 33.4 Å². The van der Waals surface area contributed by atoms with Gasteiger partial charge in [-0.25, -0.2) is 0 Å². The first-order valence-electron chi connectivity index (χ1n) is 7.07. The molecule has 4 nitrogen and oxygen atoms in total. The SMILES string of the molecule is COc1cc(CNc2cncc(C)c2)ccc1OC(C)C. The summed E-state index contributed by atoms with van der Waals surface area (Å²) in [5, 5.41) is 3.35. The minimum absolute atomic E-state index is 0.126. The lowest BCUT2D eigenvalue weighted by atomic mass is 10.2. The molecule has 0 atom stereocenters. The molecule has 0 unspecified atom stereocenters. The Labute approximate surface area is 126 Å². The number of nitrogens with one attached hydrogen (secondary N) is 1. The maximum absolute atomic E-state index is 5.71. The van der Waals surface area contributed by atoms with E-state index in [1.54, 1.807) is 7.11 Å². The van der Waals surface area contributed by atoms with Crippen LogP contribution in [0.3, 0.4) is 0 Å². The number of nitrogens with zero attached hydrogens (tertiary/aromatic N) is 1. The molecule has 0 radical (unpaired) electrons. The highest BCUT2D eigenvalue weighted by Crippen LogP contribution is 2.29. The van der Waals surface area contributed by atoms with E-state index < -0.39 is 0 Å². The molecule has 0 saturated carbocycles. The summed E-state index contributed by atoms with van der Waals surface area (Å²) in [7, 11) is 1.66. The van der Waals surface area contributed by atoms with Crippen LogP contribution in [0.4, 0.5) is 5.69 Å².